The molecular weight excluding hydrogens is 242 g/mol. The van der Waals surface area contributed by atoms with E-state index in [4.69, 9.17) is 16.7 Å². The lowest BCUT2D eigenvalue weighted by Crippen LogP contribution is -2.08. The highest BCUT2D eigenvalue weighted by molar-refractivity contribution is 6.32. The van der Waals surface area contributed by atoms with Crippen molar-refractivity contribution < 1.29 is 9.90 Å². The monoisotopic (exact) mass is 251 g/mol. The van der Waals surface area contributed by atoms with E-state index in [2.05, 4.69) is 10.3 Å². The molecule has 1 heterocycles. The first-order valence-electron chi connectivity index (χ1n) is 4.96. The van der Waals surface area contributed by atoms with Crippen LogP contribution in [-0.4, -0.2) is 26.1 Å². The number of rotatable bonds is 3. The summed E-state index contributed by atoms with van der Waals surface area (Å²) in [6.45, 7) is 1.92. The molecular formula is C11H10ClN3O2. The highest BCUT2D eigenvalue weighted by Gasteiger charge is 2.12. The number of hydrogen-bond acceptors (Lipinski definition) is 3. The second-order valence-corrected chi connectivity index (χ2v) is 4.07. The zero-order valence-electron chi connectivity index (χ0n) is 9.09. The van der Waals surface area contributed by atoms with Crippen LogP contribution in [0.15, 0.2) is 24.4 Å². The van der Waals surface area contributed by atoms with Gasteiger partial charge in [-0.05, 0) is 24.6 Å². The van der Waals surface area contributed by atoms with Gasteiger partial charge in [-0.25, -0.2) is 4.68 Å². The molecule has 2 rings (SSSR count). The minimum atomic E-state index is -0.933. The minimum absolute atomic E-state index is 0.142. The van der Waals surface area contributed by atoms with Gasteiger partial charge in [-0.3, -0.25) is 4.79 Å². The molecule has 0 fully saturated rings. The topological polar surface area (TPSA) is 68.0 Å². The van der Waals surface area contributed by atoms with E-state index in [-0.39, 0.29) is 6.42 Å². The summed E-state index contributed by atoms with van der Waals surface area (Å²) in [5.74, 6) is -0.933. The predicted molar refractivity (Wildman–Crippen MR) is 62.4 cm³/mol. The summed E-state index contributed by atoms with van der Waals surface area (Å²) in [4.78, 5) is 10.7. The van der Waals surface area contributed by atoms with Gasteiger partial charge in [0.1, 0.15) is 0 Å². The van der Waals surface area contributed by atoms with Gasteiger partial charge < -0.3 is 5.11 Å². The van der Waals surface area contributed by atoms with Crippen molar-refractivity contribution in [1.29, 1.82) is 0 Å². The van der Waals surface area contributed by atoms with E-state index in [9.17, 15) is 4.79 Å². The molecule has 0 bridgehead atoms. The third-order valence-electron chi connectivity index (χ3n) is 2.28. The smallest absolute Gasteiger partial charge is 0.309 e. The standard InChI is InChI=1S/C11H10ClN3O2/c1-7-2-3-9(12)10(4-7)15-8(5-11(16)17)6-13-14-15/h2-4,6H,5H2,1H3,(H,16,17). The molecule has 5 nitrogen and oxygen atoms in total. The Morgan fingerprint density at radius 1 is 1.53 bits per heavy atom. The molecule has 0 amide bonds. The van der Waals surface area contributed by atoms with Crippen molar-refractivity contribution >= 4 is 17.6 Å². The molecule has 0 saturated carbocycles. The molecule has 0 aliphatic heterocycles. The molecule has 0 unspecified atom stereocenters. The molecule has 0 aliphatic rings. The number of halogens is 1. The van der Waals surface area contributed by atoms with Gasteiger partial charge in [0.15, 0.2) is 0 Å². The van der Waals surface area contributed by atoms with Crippen molar-refractivity contribution in [2.75, 3.05) is 0 Å². The SMILES string of the molecule is Cc1ccc(Cl)c(-n2nncc2CC(=O)O)c1. The Kier molecular flexibility index (Phi) is 3.10. The zero-order valence-corrected chi connectivity index (χ0v) is 9.85. The maximum absolute atomic E-state index is 10.7. The largest absolute Gasteiger partial charge is 0.481 e. The lowest BCUT2D eigenvalue weighted by molar-refractivity contribution is -0.136. The van der Waals surface area contributed by atoms with E-state index in [1.165, 1.54) is 10.9 Å². The summed E-state index contributed by atoms with van der Waals surface area (Å²) in [5, 5.41) is 16.9. The fourth-order valence-electron chi connectivity index (χ4n) is 1.52. The molecule has 1 N–H and O–H groups in total. The maximum Gasteiger partial charge on any atom is 0.309 e. The summed E-state index contributed by atoms with van der Waals surface area (Å²) < 4.78 is 1.45. The Hall–Kier alpha value is -1.88. The van der Waals surface area contributed by atoms with Gasteiger partial charge in [-0.15, -0.1) is 5.10 Å². The van der Waals surface area contributed by atoms with Gasteiger partial charge >= 0.3 is 5.97 Å². The van der Waals surface area contributed by atoms with Gasteiger partial charge in [0.25, 0.3) is 0 Å². The van der Waals surface area contributed by atoms with Gasteiger partial charge in [0, 0.05) is 0 Å². The molecule has 0 spiro atoms. The number of nitrogens with zero attached hydrogens (tertiary/aromatic N) is 3. The van der Waals surface area contributed by atoms with E-state index in [1.807, 2.05) is 19.1 Å². The number of benzene rings is 1. The number of aromatic nitrogens is 3. The average molecular weight is 252 g/mol. The Bertz CT molecular complexity index is 566. The zero-order chi connectivity index (χ0) is 12.4. The Labute approximate surface area is 103 Å². The Morgan fingerprint density at radius 3 is 3.00 bits per heavy atom. The van der Waals surface area contributed by atoms with Crippen LogP contribution in [0, 0.1) is 6.92 Å². The molecule has 0 aliphatic carbocycles. The van der Waals surface area contributed by atoms with Crippen LogP contribution in [0.1, 0.15) is 11.3 Å². The number of hydrogen-bond donors (Lipinski definition) is 1. The van der Waals surface area contributed by atoms with Crippen LogP contribution in [0.2, 0.25) is 5.02 Å². The highest BCUT2D eigenvalue weighted by atomic mass is 35.5. The summed E-state index contributed by atoms with van der Waals surface area (Å²) >= 11 is 6.06. The molecule has 1 aromatic carbocycles. The first kappa shape index (κ1) is 11.6. The summed E-state index contributed by atoms with van der Waals surface area (Å²) in [6, 6.07) is 5.46. The quantitative estimate of drug-likeness (QED) is 0.904. The van der Waals surface area contributed by atoms with Gasteiger partial charge in [0.2, 0.25) is 0 Å². The fourth-order valence-corrected chi connectivity index (χ4v) is 1.72. The lowest BCUT2D eigenvalue weighted by Gasteiger charge is -2.07. The maximum atomic E-state index is 10.7. The number of carboxylic acid groups (broad SMARTS) is 1. The van der Waals surface area contributed by atoms with Crippen molar-refractivity contribution in [3.05, 3.63) is 40.7 Å². The summed E-state index contributed by atoms with van der Waals surface area (Å²) in [6.07, 6.45) is 1.28. The van der Waals surface area contributed by atoms with Gasteiger partial charge in [-0.2, -0.15) is 0 Å². The van der Waals surface area contributed by atoms with Crippen LogP contribution in [0.4, 0.5) is 0 Å². The van der Waals surface area contributed by atoms with Crippen molar-refractivity contribution in [2.24, 2.45) is 0 Å². The highest BCUT2D eigenvalue weighted by Crippen LogP contribution is 2.22. The molecule has 0 radical (unpaired) electrons. The van der Waals surface area contributed by atoms with Crippen LogP contribution < -0.4 is 0 Å². The normalized spacial score (nSPS) is 10.5. The van der Waals surface area contributed by atoms with Gasteiger partial charge in [0.05, 0.1) is 29.0 Å². The van der Waals surface area contributed by atoms with Crippen LogP contribution in [0.3, 0.4) is 0 Å². The van der Waals surface area contributed by atoms with E-state index in [0.29, 0.717) is 16.4 Å². The first-order valence-corrected chi connectivity index (χ1v) is 5.33. The first-order chi connectivity index (χ1) is 8.08. The Balaban J connectivity index is 2.49. The molecule has 17 heavy (non-hydrogen) atoms. The van der Waals surface area contributed by atoms with Crippen molar-refractivity contribution in [2.45, 2.75) is 13.3 Å². The fraction of sp³-hybridized carbons (Fsp3) is 0.182. The summed E-state index contributed by atoms with van der Waals surface area (Å²) in [7, 11) is 0. The molecule has 1 aromatic heterocycles. The Morgan fingerprint density at radius 2 is 2.29 bits per heavy atom. The minimum Gasteiger partial charge on any atom is -0.481 e. The van der Waals surface area contributed by atoms with E-state index >= 15 is 0 Å². The molecule has 2 aromatic rings. The molecule has 0 saturated heterocycles. The number of carboxylic acids is 1. The van der Waals surface area contributed by atoms with E-state index < -0.39 is 5.97 Å². The number of carbonyl (C=O) groups is 1. The summed E-state index contributed by atoms with van der Waals surface area (Å²) in [5.41, 5.74) is 2.14. The van der Waals surface area contributed by atoms with E-state index in [1.54, 1.807) is 6.07 Å². The van der Waals surface area contributed by atoms with Crippen LogP contribution in [0.5, 0.6) is 0 Å². The van der Waals surface area contributed by atoms with Crippen LogP contribution in [0.25, 0.3) is 5.69 Å². The van der Waals surface area contributed by atoms with Crippen molar-refractivity contribution in [1.82, 2.24) is 15.0 Å². The third kappa shape index (κ3) is 2.45. The average Bonchev–Trinajstić information content (AvgIpc) is 2.69. The molecule has 0 atom stereocenters. The number of aliphatic carboxylic acids is 1. The predicted octanol–water partition coefficient (Wildman–Crippen LogP) is 1.86. The van der Waals surface area contributed by atoms with Crippen LogP contribution >= 0.6 is 11.6 Å². The van der Waals surface area contributed by atoms with Gasteiger partial charge in [-0.1, -0.05) is 22.9 Å². The second-order valence-electron chi connectivity index (χ2n) is 3.66. The van der Waals surface area contributed by atoms with E-state index in [0.717, 1.165) is 5.56 Å². The van der Waals surface area contributed by atoms with Crippen molar-refractivity contribution in [3.8, 4) is 5.69 Å². The lowest BCUT2D eigenvalue weighted by atomic mass is 10.2. The van der Waals surface area contributed by atoms with Crippen LogP contribution in [-0.2, 0) is 11.2 Å². The second kappa shape index (κ2) is 4.55. The molecule has 6 heteroatoms. The molecule has 88 valence electrons. The van der Waals surface area contributed by atoms with Crippen molar-refractivity contribution in [3.63, 3.8) is 0 Å². The third-order valence-corrected chi connectivity index (χ3v) is 2.60. The number of aryl methyl sites for hydroxylation is 1.